The molecule has 0 fully saturated rings. The van der Waals surface area contributed by atoms with Crippen LogP contribution in [0.1, 0.15) is 25.7 Å². The normalized spacial score (nSPS) is 11.7. The van der Waals surface area contributed by atoms with E-state index in [1.165, 1.54) is 72.8 Å². The van der Waals surface area contributed by atoms with Gasteiger partial charge in [0.05, 0.1) is 32.8 Å². The summed E-state index contributed by atoms with van der Waals surface area (Å²) < 4.78 is 67.8. The Bertz CT molecular complexity index is 1520. The van der Waals surface area contributed by atoms with E-state index in [4.69, 9.17) is 14.2 Å². The fourth-order valence-corrected chi connectivity index (χ4v) is 6.57. The molecule has 0 aromatic heterocycles. The Kier molecular flexibility index (Phi) is 11.0. The number of phenols is 2. The summed E-state index contributed by atoms with van der Waals surface area (Å²) in [7, 11) is -7.33. The van der Waals surface area contributed by atoms with Crippen molar-refractivity contribution in [1.82, 2.24) is 0 Å². The first kappa shape index (κ1) is 31.9. The van der Waals surface area contributed by atoms with Crippen LogP contribution in [0.3, 0.4) is 0 Å². The van der Waals surface area contributed by atoms with Crippen LogP contribution in [-0.4, -0.2) is 53.5 Å². The molecule has 4 aromatic rings. The van der Waals surface area contributed by atoms with Crippen molar-refractivity contribution in [3.63, 3.8) is 0 Å². The molecule has 2 N–H and O–H groups in total. The van der Waals surface area contributed by atoms with Crippen molar-refractivity contribution in [1.29, 1.82) is 0 Å². The average molecular weight is 627 g/mol. The van der Waals surface area contributed by atoms with E-state index in [1.54, 1.807) is 24.3 Å². The minimum atomic E-state index is -3.66. The lowest BCUT2D eigenvalue weighted by atomic mass is 10.3. The zero-order valence-electron chi connectivity index (χ0n) is 23.5. The van der Waals surface area contributed by atoms with Gasteiger partial charge in [0.15, 0.2) is 0 Å². The predicted molar refractivity (Wildman–Crippen MR) is 160 cm³/mol. The molecule has 0 bridgehead atoms. The van der Waals surface area contributed by atoms with Crippen molar-refractivity contribution < 1.29 is 41.3 Å². The maximum Gasteiger partial charge on any atom is 0.206 e. The largest absolute Gasteiger partial charge is 0.508 e. The molecule has 11 heteroatoms. The molecule has 0 aliphatic rings. The smallest absolute Gasteiger partial charge is 0.206 e. The second-order valence-corrected chi connectivity index (χ2v) is 13.6. The van der Waals surface area contributed by atoms with Crippen LogP contribution in [0.4, 0.5) is 0 Å². The van der Waals surface area contributed by atoms with Gasteiger partial charge in [0.1, 0.15) is 23.0 Å². The van der Waals surface area contributed by atoms with Gasteiger partial charge in [-0.1, -0.05) is 0 Å². The summed E-state index contributed by atoms with van der Waals surface area (Å²) in [5.41, 5.74) is 0. The van der Waals surface area contributed by atoms with E-state index in [2.05, 4.69) is 0 Å². The van der Waals surface area contributed by atoms with Gasteiger partial charge in [0, 0.05) is 13.2 Å². The molecular formula is C32H34O9S2. The van der Waals surface area contributed by atoms with Crippen molar-refractivity contribution in [3.8, 4) is 23.0 Å². The lowest BCUT2D eigenvalue weighted by Gasteiger charge is -2.09. The summed E-state index contributed by atoms with van der Waals surface area (Å²) in [5.74, 6) is 1.17. The molecule has 0 unspecified atom stereocenters. The first-order valence-electron chi connectivity index (χ1n) is 13.8. The third kappa shape index (κ3) is 8.96. The lowest BCUT2D eigenvalue weighted by molar-refractivity contribution is 0.119. The van der Waals surface area contributed by atoms with Gasteiger partial charge in [0.25, 0.3) is 0 Å². The quantitative estimate of drug-likeness (QED) is 0.148. The van der Waals surface area contributed by atoms with Crippen LogP contribution in [0.2, 0.25) is 0 Å². The molecule has 0 aliphatic carbocycles. The van der Waals surface area contributed by atoms with Gasteiger partial charge in [-0.3, -0.25) is 0 Å². The summed E-state index contributed by atoms with van der Waals surface area (Å²) in [5, 5.41) is 18.7. The monoisotopic (exact) mass is 626 g/mol. The van der Waals surface area contributed by atoms with E-state index in [0.717, 1.165) is 25.7 Å². The van der Waals surface area contributed by atoms with Gasteiger partial charge < -0.3 is 24.4 Å². The Morgan fingerprint density at radius 2 is 0.698 bits per heavy atom. The van der Waals surface area contributed by atoms with E-state index in [0.29, 0.717) is 37.9 Å². The Morgan fingerprint density at radius 1 is 0.419 bits per heavy atom. The fraction of sp³-hybridized carbons (Fsp3) is 0.250. The van der Waals surface area contributed by atoms with Crippen LogP contribution in [0.25, 0.3) is 0 Å². The highest BCUT2D eigenvalue weighted by Gasteiger charge is 2.18. The molecule has 0 atom stereocenters. The van der Waals surface area contributed by atoms with Gasteiger partial charge in [-0.25, -0.2) is 16.8 Å². The Morgan fingerprint density at radius 3 is 1.02 bits per heavy atom. The zero-order valence-corrected chi connectivity index (χ0v) is 25.1. The average Bonchev–Trinajstić information content (AvgIpc) is 3.01. The number of sulfone groups is 2. The molecule has 4 aromatic carbocycles. The van der Waals surface area contributed by atoms with Gasteiger partial charge in [-0.15, -0.1) is 0 Å². The summed E-state index contributed by atoms with van der Waals surface area (Å²) >= 11 is 0. The van der Waals surface area contributed by atoms with Crippen LogP contribution in [-0.2, 0) is 24.4 Å². The van der Waals surface area contributed by atoms with Crippen molar-refractivity contribution >= 4 is 19.7 Å². The van der Waals surface area contributed by atoms with Crippen LogP contribution < -0.4 is 9.47 Å². The third-order valence-electron chi connectivity index (χ3n) is 6.47. The molecule has 4 rings (SSSR count). The van der Waals surface area contributed by atoms with Crippen LogP contribution in [0.5, 0.6) is 23.0 Å². The first-order valence-corrected chi connectivity index (χ1v) is 16.7. The molecule has 0 saturated heterocycles. The summed E-state index contributed by atoms with van der Waals surface area (Å²) in [6.45, 7) is 2.17. The predicted octanol–water partition coefficient (Wildman–Crippen LogP) is 5.80. The topological polar surface area (TPSA) is 136 Å². The molecular weight excluding hydrogens is 592 g/mol. The van der Waals surface area contributed by atoms with Crippen molar-refractivity contribution in [3.05, 3.63) is 97.1 Å². The van der Waals surface area contributed by atoms with Crippen molar-refractivity contribution in [2.24, 2.45) is 0 Å². The minimum absolute atomic E-state index is 0.00399. The van der Waals surface area contributed by atoms with E-state index in [-0.39, 0.29) is 31.1 Å². The molecule has 0 saturated carbocycles. The molecule has 43 heavy (non-hydrogen) atoms. The highest BCUT2D eigenvalue weighted by molar-refractivity contribution is 7.91. The zero-order chi connectivity index (χ0) is 30.7. The minimum Gasteiger partial charge on any atom is -0.508 e. The Labute approximate surface area is 252 Å². The molecule has 0 heterocycles. The van der Waals surface area contributed by atoms with Crippen molar-refractivity contribution in [2.75, 3.05) is 26.4 Å². The van der Waals surface area contributed by atoms with Gasteiger partial charge in [0.2, 0.25) is 19.7 Å². The van der Waals surface area contributed by atoms with Gasteiger partial charge in [-0.05, 0) is 123 Å². The summed E-state index contributed by atoms with van der Waals surface area (Å²) in [6, 6.07) is 23.3. The first-order chi connectivity index (χ1) is 20.7. The highest BCUT2D eigenvalue weighted by atomic mass is 32.2. The maximum atomic E-state index is 12.7. The fourth-order valence-electron chi connectivity index (χ4n) is 4.05. The molecule has 0 amide bonds. The number of ether oxygens (including phenoxy) is 3. The Hall–Kier alpha value is -4.06. The number of benzene rings is 4. The summed E-state index contributed by atoms with van der Waals surface area (Å²) in [6.07, 6.45) is 3.22. The molecule has 228 valence electrons. The number of hydrogen-bond donors (Lipinski definition) is 2. The standard InChI is InChI=1S/C32H34O9S2/c33-25-5-13-29(14-6-25)42(35,36)31-17-9-27(10-18-31)40-23-3-1-21-39-22-2-4-24-41-28-11-19-32(20-12-28)43(37,38)30-15-7-26(34)8-16-30/h5-20,33-34H,1-4,21-24H2. The third-order valence-corrected chi connectivity index (χ3v) is 10.0. The van der Waals surface area contributed by atoms with Crippen LogP contribution in [0, 0.1) is 0 Å². The molecule has 0 spiro atoms. The van der Waals surface area contributed by atoms with Crippen LogP contribution in [0.15, 0.2) is 117 Å². The lowest BCUT2D eigenvalue weighted by Crippen LogP contribution is -2.04. The number of aromatic hydroxyl groups is 2. The van der Waals surface area contributed by atoms with E-state index < -0.39 is 19.7 Å². The van der Waals surface area contributed by atoms with E-state index in [9.17, 15) is 27.0 Å². The van der Waals surface area contributed by atoms with Gasteiger partial charge in [-0.2, -0.15) is 0 Å². The number of unbranched alkanes of at least 4 members (excludes halogenated alkanes) is 2. The van der Waals surface area contributed by atoms with Crippen LogP contribution >= 0.6 is 0 Å². The molecule has 9 nitrogen and oxygen atoms in total. The van der Waals surface area contributed by atoms with E-state index in [1.807, 2.05) is 0 Å². The van der Waals surface area contributed by atoms with E-state index >= 15 is 0 Å². The Balaban J connectivity index is 1.05. The number of hydrogen-bond acceptors (Lipinski definition) is 9. The summed E-state index contributed by atoms with van der Waals surface area (Å²) in [4.78, 5) is 0.526. The highest BCUT2D eigenvalue weighted by Crippen LogP contribution is 2.26. The second-order valence-electron chi connectivity index (χ2n) is 9.66. The number of phenolic OH excluding ortho intramolecular Hbond substituents is 2. The second kappa shape index (κ2) is 14.9. The number of rotatable bonds is 16. The molecule has 0 aliphatic heterocycles. The molecule has 0 radical (unpaired) electrons. The maximum absolute atomic E-state index is 12.7. The van der Waals surface area contributed by atoms with Gasteiger partial charge >= 0.3 is 0 Å². The SMILES string of the molecule is O=S(=O)(c1ccc(O)cc1)c1ccc(OCCCCOCCCCOc2ccc(S(=O)(=O)c3ccc(O)cc3)cc2)cc1. The van der Waals surface area contributed by atoms with Crippen molar-refractivity contribution in [2.45, 2.75) is 45.3 Å².